The topological polar surface area (TPSA) is 52.0 Å². The molecule has 0 aliphatic heterocycles. The van der Waals surface area contributed by atoms with Crippen molar-refractivity contribution in [2.24, 2.45) is 0 Å². The molecule has 0 saturated carbocycles. The largest absolute Gasteiger partial charge is 0.380 e. The van der Waals surface area contributed by atoms with Crippen LogP contribution < -0.4 is 5.73 Å². The summed E-state index contributed by atoms with van der Waals surface area (Å²) in [5, 5.41) is 3.97. The van der Waals surface area contributed by atoms with Gasteiger partial charge in [0.1, 0.15) is 0 Å². The summed E-state index contributed by atoms with van der Waals surface area (Å²) in [7, 11) is 0. The Hall–Kier alpha value is -2.55. The molecule has 3 aromatic rings. The van der Waals surface area contributed by atoms with Crippen LogP contribution in [-0.2, 0) is 6.42 Å². The van der Waals surface area contributed by atoms with Crippen LogP contribution in [0.3, 0.4) is 0 Å². The van der Waals surface area contributed by atoms with Crippen LogP contribution in [0.1, 0.15) is 18.1 Å². The maximum atomic E-state index is 6.04. The van der Waals surface area contributed by atoms with E-state index in [1.54, 1.807) is 0 Å². The summed E-state index contributed by atoms with van der Waals surface area (Å²) in [6.07, 6.45) is 0.935. The average Bonchev–Trinajstić information content (AvgIpc) is 2.90. The summed E-state index contributed by atoms with van der Waals surface area (Å²) in [5.74, 6) is 1.17. The molecule has 2 N–H and O–H groups in total. The van der Waals surface area contributed by atoms with Gasteiger partial charge in [0.2, 0.25) is 0 Å². The van der Waals surface area contributed by atoms with E-state index in [0.717, 1.165) is 28.9 Å². The number of nitrogen functional groups attached to an aromatic ring is 1. The van der Waals surface area contributed by atoms with Gasteiger partial charge in [-0.2, -0.15) is 0 Å². The fourth-order valence-electron chi connectivity index (χ4n) is 2.54. The van der Waals surface area contributed by atoms with Gasteiger partial charge >= 0.3 is 0 Å². The SMILES string of the molecule is CCc1ccccc1-c1onc(N)c1-c1ccc(C)cc1. The molecule has 3 nitrogen and oxygen atoms in total. The molecule has 3 heteroatoms. The molecule has 0 saturated heterocycles. The van der Waals surface area contributed by atoms with Gasteiger partial charge in [-0.25, -0.2) is 0 Å². The maximum absolute atomic E-state index is 6.04. The van der Waals surface area contributed by atoms with Crippen LogP contribution in [0.15, 0.2) is 53.1 Å². The zero-order valence-corrected chi connectivity index (χ0v) is 12.3. The maximum Gasteiger partial charge on any atom is 0.177 e. The average molecular weight is 278 g/mol. The highest BCUT2D eigenvalue weighted by Crippen LogP contribution is 2.38. The van der Waals surface area contributed by atoms with Crippen LogP contribution in [0.4, 0.5) is 5.82 Å². The number of nitrogens with two attached hydrogens (primary N) is 1. The first-order valence-electron chi connectivity index (χ1n) is 7.11. The Kier molecular flexibility index (Phi) is 3.48. The third kappa shape index (κ3) is 2.42. The number of hydrogen-bond acceptors (Lipinski definition) is 3. The van der Waals surface area contributed by atoms with E-state index in [1.807, 2.05) is 12.1 Å². The van der Waals surface area contributed by atoms with Gasteiger partial charge < -0.3 is 10.3 Å². The minimum absolute atomic E-state index is 0.430. The van der Waals surface area contributed by atoms with Gasteiger partial charge in [0.15, 0.2) is 11.6 Å². The lowest BCUT2D eigenvalue weighted by Crippen LogP contribution is -1.91. The molecular formula is C18H18N2O. The number of nitrogens with zero attached hydrogens (tertiary/aromatic N) is 1. The van der Waals surface area contributed by atoms with E-state index in [-0.39, 0.29) is 0 Å². The lowest BCUT2D eigenvalue weighted by atomic mass is 9.96. The minimum atomic E-state index is 0.430. The molecule has 0 spiro atoms. The summed E-state index contributed by atoms with van der Waals surface area (Å²) in [5.41, 5.74) is 11.4. The highest BCUT2D eigenvalue weighted by Gasteiger charge is 2.19. The van der Waals surface area contributed by atoms with E-state index in [4.69, 9.17) is 10.3 Å². The van der Waals surface area contributed by atoms with Gasteiger partial charge in [-0.3, -0.25) is 0 Å². The molecule has 3 rings (SSSR count). The monoisotopic (exact) mass is 278 g/mol. The van der Waals surface area contributed by atoms with Crippen LogP contribution in [0.2, 0.25) is 0 Å². The van der Waals surface area contributed by atoms with Crippen molar-refractivity contribution < 1.29 is 4.52 Å². The molecule has 0 fully saturated rings. The van der Waals surface area contributed by atoms with E-state index in [1.165, 1.54) is 11.1 Å². The van der Waals surface area contributed by atoms with Crippen LogP contribution in [0, 0.1) is 6.92 Å². The Labute approximate surface area is 124 Å². The first-order valence-corrected chi connectivity index (χ1v) is 7.11. The van der Waals surface area contributed by atoms with Crippen molar-refractivity contribution in [2.75, 3.05) is 5.73 Å². The molecule has 0 bridgehead atoms. The number of hydrogen-bond donors (Lipinski definition) is 1. The predicted molar refractivity (Wildman–Crippen MR) is 85.9 cm³/mol. The van der Waals surface area contributed by atoms with Crippen molar-refractivity contribution in [3.05, 3.63) is 59.7 Å². The quantitative estimate of drug-likeness (QED) is 0.769. The Morgan fingerprint density at radius 1 is 1.05 bits per heavy atom. The van der Waals surface area contributed by atoms with E-state index < -0.39 is 0 Å². The normalized spacial score (nSPS) is 10.8. The molecule has 21 heavy (non-hydrogen) atoms. The first kappa shape index (κ1) is 13.4. The molecule has 0 aliphatic rings. The Balaban J connectivity index is 2.19. The highest BCUT2D eigenvalue weighted by atomic mass is 16.5. The number of aryl methyl sites for hydroxylation is 2. The zero-order chi connectivity index (χ0) is 14.8. The summed E-state index contributed by atoms with van der Waals surface area (Å²) < 4.78 is 5.53. The summed E-state index contributed by atoms with van der Waals surface area (Å²) in [6, 6.07) is 16.4. The number of aromatic nitrogens is 1. The number of benzene rings is 2. The van der Waals surface area contributed by atoms with Crippen molar-refractivity contribution in [3.63, 3.8) is 0 Å². The fraction of sp³-hybridized carbons (Fsp3) is 0.167. The summed E-state index contributed by atoms with van der Waals surface area (Å²) in [4.78, 5) is 0. The molecule has 0 aliphatic carbocycles. The summed E-state index contributed by atoms with van der Waals surface area (Å²) in [6.45, 7) is 4.19. The van der Waals surface area contributed by atoms with Crippen LogP contribution in [0.25, 0.3) is 22.5 Å². The van der Waals surface area contributed by atoms with Crippen molar-refractivity contribution in [1.82, 2.24) is 5.16 Å². The molecule has 0 radical (unpaired) electrons. The zero-order valence-electron chi connectivity index (χ0n) is 12.3. The lowest BCUT2D eigenvalue weighted by molar-refractivity contribution is 0.436. The molecular weight excluding hydrogens is 260 g/mol. The van der Waals surface area contributed by atoms with E-state index in [0.29, 0.717) is 5.82 Å². The van der Waals surface area contributed by atoms with E-state index in [2.05, 4.69) is 55.4 Å². The summed E-state index contributed by atoms with van der Waals surface area (Å²) >= 11 is 0. The Morgan fingerprint density at radius 3 is 2.48 bits per heavy atom. The third-order valence-electron chi connectivity index (χ3n) is 3.70. The molecule has 1 aromatic heterocycles. The van der Waals surface area contributed by atoms with Crippen molar-refractivity contribution in [2.45, 2.75) is 20.3 Å². The van der Waals surface area contributed by atoms with Gasteiger partial charge in [-0.15, -0.1) is 0 Å². The number of anilines is 1. The Bertz CT molecular complexity index is 757. The second-order valence-corrected chi connectivity index (χ2v) is 5.15. The second kappa shape index (κ2) is 5.44. The highest BCUT2D eigenvalue weighted by molar-refractivity contribution is 5.87. The number of rotatable bonds is 3. The lowest BCUT2D eigenvalue weighted by Gasteiger charge is -2.07. The molecule has 1 heterocycles. The minimum Gasteiger partial charge on any atom is -0.380 e. The predicted octanol–water partition coefficient (Wildman–Crippen LogP) is 4.46. The van der Waals surface area contributed by atoms with Gasteiger partial charge in [0.05, 0.1) is 5.56 Å². The molecule has 0 amide bonds. The third-order valence-corrected chi connectivity index (χ3v) is 3.70. The first-order chi connectivity index (χ1) is 10.2. The molecule has 106 valence electrons. The smallest absolute Gasteiger partial charge is 0.177 e. The molecule has 2 aromatic carbocycles. The van der Waals surface area contributed by atoms with Gasteiger partial charge in [0.25, 0.3) is 0 Å². The fourth-order valence-corrected chi connectivity index (χ4v) is 2.54. The van der Waals surface area contributed by atoms with Crippen LogP contribution >= 0.6 is 0 Å². The van der Waals surface area contributed by atoms with Crippen molar-refractivity contribution in [3.8, 4) is 22.5 Å². The van der Waals surface area contributed by atoms with Gasteiger partial charge in [-0.05, 0) is 24.5 Å². The van der Waals surface area contributed by atoms with Crippen LogP contribution in [0.5, 0.6) is 0 Å². The van der Waals surface area contributed by atoms with E-state index >= 15 is 0 Å². The Morgan fingerprint density at radius 2 is 1.76 bits per heavy atom. The van der Waals surface area contributed by atoms with E-state index in [9.17, 15) is 0 Å². The second-order valence-electron chi connectivity index (χ2n) is 5.15. The van der Waals surface area contributed by atoms with Crippen LogP contribution in [-0.4, -0.2) is 5.16 Å². The standard InChI is InChI=1S/C18H18N2O/c1-3-13-6-4-5-7-15(13)17-16(18(19)20-21-17)14-10-8-12(2)9-11-14/h4-11H,3H2,1-2H3,(H2,19,20). The van der Waals surface area contributed by atoms with Gasteiger partial charge in [0, 0.05) is 5.56 Å². The van der Waals surface area contributed by atoms with Gasteiger partial charge in [-0.1, -0.05) is 66.2 Å². The molecule has 0 atom stereocenters. The van der Waals surface area contributed by atoms with Crippen molar-refractivity contribution >= 4 is 5.82 Å². The van der Waals surface area contributed by atoms with Crippen molar-refractivity contribution in [1.29, 1.82) is 0 Å². The molecule has 0 unspecified atom stereocenters.